The van der Waals surface area contributed by atoms with Gasteiger partial charge in [-0.3, -0.25) is 4.79 Å². The van der Waals surface area contributed by atoms with Crippen LogP contribution in [-0.4, -0.2) is 28.8 Å². The van der Waals surface area contributed by atoms with E-state index in [1.165, 1.54) is 15.9 Å². The van der Waals surface area contributed by atoms with E-state index in [0.717, 1.165) is 11.1 Å². The van der Waals surface area contributed by atoms with Crippen molar-refractivity contribution in [1.29, 1.82) is 0 Å². The highest BCUT2D eigenvalue weighted by atomic mass is 35.5. The van der Waals surface area contributed by atoms with Crippen LogP contribution in [0.2, 0.25) is 5.02 Å². The Labute approximate surface area is 163 Å². The normalized spacial score (nSPS) is 11.9. The number of aromatic nitrogens is 3. The number of thiazole rings is 1. The van der Waals surface area contributed by atoms with Gasteiger partial charge in [-0.1, -0.05) is 35.1 Å². The second kappa shape index (κ2) is 7.02. The standard InChI is InChI=1S/C19H14ClN3O3S/c1-25-14-6-7-15(26-2)12(9-14)10-16-18(24)23-19(27-16)21-17(22-23)11-4-3-5-13(20)8-11/h3-10H,1-2H3/b16-10-. The van der Waals surface area contributed by atoms with Crippen LogP contribution in [0.25, 0.3) is 22.4 Å². The summed E-state index contributed by atoms with van der Waals surface area (Å²) in [5.41, 5.74) is 1.27. The molecule has 0 N–H and O–H groups in total. The third-order valence-electron chi connectivity index (χ3n) is 3.99. The molecule has 27 heavy (non-hydrogen) atoms. The van der Waals surface area contributed by atoms with Crippen molar-refractivity contribution >= 4 is 34.0 Å². The summed E-state index contributed by atoms with van der Waals surface area (Å²) in [6.07, 6.45) is 1.75. The molecule has 0 bridgehead atoms. The second-order valence-corrected chi connectivity index (χ2v) is 7.11. The van der Waals surface area contributed by atoms with E-state index in [4.69, 9.17) is 21.1 Å². The molecule has 2 aromatic carbocycles. The number of ether oxygens (including phenoxy) is 2. The van der Waals surface area contributed by atoms with Crippen LogP contribution in [0.4, 0.5) is 0 Å². The molecule has 0 fully saturated rings. The van der Waals surface area contributed by atoms with E-state index in [1.54, 1.807) is 44.6 Å². The lowest BCUT2D eigenvalue weighted by atomic mass is 10.2. The zero-order chi connectivity index (χ0) is 19.0. The summed E-state index contributed by atoms with van der Waals surface area (Å²) in [4.78, 5) is 17.7. The van der Waals surface area contributed by atoms with Gasteiger partial charge in [0, 0.05) is 16.1 Å². The van der Waals surface area contributed by atoms with Crippen LogP contribution in [0.1, 0.15) is 5.56 Å². The monoisotopic (exact) mass is 399 g/mol. The summed E-state index contributed by atoms with van der Waals surface area (Å²) in [7, 11) is 3.17. The largest absolute Gasteiger partial charge is 0.497 e. The summed E-state index contributed by atoms with van der Waals surface area (Å²) >= 11 is 7.28. The van der Waals surface area contributed by atoms with E-state index in [-0.39, 0.29) is 5.56 Å². The van der Waals surface area contributed by atoms with Crippen molar-refractivity contribution in [3.63, 3.8) is 0 Å². The number of methoxy groups -OCH3 is 2. The predicted octanol–water partition coefficient (Wildman–Crippen LogP) is 3.04. The van der Waals surface area contributed by atoms with Gasteiger partial charge in [-0.15, -0.1) is 5.10 Å². The molecular formula is C19H14ClN3O3S. The summed E-state index contributed by atoms with van der Waals surface area (Å²) in [5, 5.41) is 4.92. The van der Waals surface area contributed by atoms with Gasteiger partial charge in [-0.2, -0.15) is 9.50 Å². The average molecular weight is 400 g/mol. The molecule has 6 nitrogen and oxygen atoms in total. The number of hydrogen-bond acceptors (Lipinski definition) is 6. The van der Waals surface area contributed by atoms with E-state index < -0.39 is 0 Å². The van der Waals surface area contributed by atoms with E-state index >= 15 is 0 Å². The molecule has 0 saturated heterocycles. The van der Waals surface area contributed by atoms with Crippen molar-refractivity contribution in [2.24, 2.45) is 0 Å². The fourth-order valence-electron chi connectivity index (χ4n) is 2.68. The van der Waals surface area contributed by atoms with E-state index in [0.29, 0.717) is 31.8 Å². The lowest BCUT2D eigenvalue weighted by Gasteiger charge is -2.06. The second-order valence-electron chi connectivity index (χ2n) is 5.66. The highest BCUT2D eigenvalue weighted by Gasteiger charge is 2.13. The number of halogens is 1. The summed E-state index contributed by atoms with van der Waals surface area (Å²) in [6.45, 7) is 0. The molecule has 0 aliphatic heterocycles. The summed E-state index contributed by atoms with van der Waals surface area (Å²) in [6, 6.07) is 12.6. The molecule has 0 amide bonds. The maximum absolute atomic E-state index is 12.7. The Morgan fingerprint density at radius 3 is 2.70 bits per heavy atom. The van der Waals surface area contributed by atoms with Crippen molar-refractivity contribution in [3.05, 3.63) is 67.9 Å². The van der Waals surface area contributed by atoms with Gasteiger partial charge in [0.25, 0.3) is 5.56 Å². The average Bonchev–Trinajstić information content (AvgIpc) is 3.21. The molecule has 2 aromatic heterocycles. The Hall–Kier alpha value is -2.90. The van der Waals surface area contributed by atoms with Crippen LogP contribution in [0, 0.1) is 0 Å². The topological polar surface area (TPSA) is 65.7 Å². The van der Waals surface area contributed by atoms with Crippen molar-refractivity contribution in [2.75, 3.05) is 14.2 Å². The number of nitrogens with zero attached hydrogens (tertiary/aromatic N) is 3. The molecule has 0 radical (unpaired) electrons. The predicted molar refractivity (Wildman–Crippen MR) is 106 cm³/mol. The molecule has 0 spiro atoms. The third kappa shape index (κ3) is 3.27. The minimum atomic E-state index is -0.236. The van der Waals surface area contributed by atoms with E-state index in [2.05, 4.69) is 10.1 Å². The number of rotatable bonds is 4. The molecule has 8 heteroatoms. The molecule has 0 atom stereocenters. The Bertz CT molecular complexity index is 1250. The van der Waals surface area contributed by atoms with Gasteiger partial charge in [0.15, 0.2) is 5.82 Å². The van der Waals surface area contributed by atoms with Crippen LogP contribution in [0.3, 0.4) is 0 Å². The first-order valence-corrected chi connectivity index (χ1v) is 9.18. The summed E-state index contributed by atoms with van der Waals surface area (Å²) in [5.74, 6) is 1.79. The molecule has 0 aliphatic carbocycles. The van der Waals surface area contributed by atoms with Crippen molar-refractivity contribution in [2.45, 2.75) is 0 Å². The first-order valence-electron chi connectivity index (χ1n) is 7.98. The van der Waals surface area contributed by atoms with Gasteiger partial charge < -0.3 is 9.47 Å². The highest BCUT2D eigenvalue weighted by molar-refractivity contribution is 7.15. The number of benzene rings is 2. The Morgan fingerprint density at radius 1 is 1.15 bits per heavy atom. The molecule has 0 saturated carbocycles. The van der Waals surface area contributed by atoms with Gasteiger partial charge in [0.05, 0.1) is 18.8 Å². The SMILES string of the molecule is COc1ccc(OC)c(/C=c2\sc3nc(-c4cccc(Cl)c4)nn3c2=O)c1. The lowest BCUT2D eigenvalue weighted by Crippen LogP contribution is -2.23. The molecular weight excluding hydrogens is 386 g/mol. The molecule has 136 valence electrons. The van der Waals surface area contributed by atoms with Gasteiger partial charge >= 0.3 is 0 Å². The van der Waals surface area contributed by atoms with Crippen molar-refractivity contribution in [3.8, 4) is 22.9 Å². The number of fused-ring (bicyclic) bond motifs is 1. The van der Waals surface area contributed by atoms with Gasteiger partial charge in [-0.25, -0.2) is 0 Å². The van der Waals surface area contributed by atoms with Crippen LogP contribution in [-0.2, 0) is 0 Å². The Balaban J connectivity index is 1.83. The molecule has 2 heterocycles. The van der Waals surface area contributed by atoms with E-state index in [1.807, 2.05) is 18.2 Å². The molecule has 4 aromatic rings. The fraction of sp³-hybridized carbons (Fsp3) is 0.105. The third-order valence-corrected chi connectivity index (χ3v) is 5.18. The van der Waals surface area contributed by atoms with Gasteiger partial charge in [-0.05, 0) is 36.4 Å². The maximum Gasteiger partial charge on any atom is 0.291 e. The smallest absolute Gasteiger partial charge is 0.291 e. The highest BCUT2D eigenvalue weighted by Crippen LogP contribution is 2.25. The molecule has 0 unspecified atom stereocenters. The Kier molecular flexibility index (Phi) is 4.55. The first-order chi connectivity index (χ1) is 13.1. The van der Waals surface area contributed by atoms with Crippen molar-refractivity contribution in [1.82, 2.24) is 14.6 Å². The molecule has 4 rings (SSSR count). The zero-order valence-corrected chi connectivity index (χ0v) is 16.0. The van der Waals surface area contributed by atoms with Gasteiger partial charge in [0.1, 0.15) is 11.5 Å². The summed E-state index contributed by atoms with van der Waals surface area (Å²) < 4.78 is 12.4. The van der Waals surface area contributed by atoms with Crippen LogP contribution in [0.5, 0.6) is 11.5 Å². The quantitative estimate of drug-likeness (QED) is 0.527. The van der Waals surface area contributed by atoms with Crippen LogP contribution in [0.15, 0.2) is 47.3 Å². The zero-order valence-electron chi connectivity index (χ0n) is 14.5. The lowest BCUT2D eigenvalue weighted by molar-refractivity contribution is 0.402. The van der Waals surface area contributed by atoms with Crippen LogP contribution >= 0.6 is 22.9 Å². The van der Waals surface area contributed by atoms with Gasteiger partial charge in [0.2, 0.25) is 4.96 Å². The maximum atomic E-state index is 12.7. The minimum absolute atomic E-state index is 0.236. The van der Waals surface area contributed by atoms with Crippen molar-refractivity contribution < 1.29 is 9.47 Å². The first kappa shape index (κ1) is 17.5. The van der Waals surface area contributed by atoms with E-state index in [9.17, 15) is 4.79 Å². The van der Waals surface area contributed by atoms with Crippen LogP contribution < -0.4 is 19.6 Å². The fourth-order valence-corrected chi connectivity index (χ4v) is 3.77. The Morgan fingerprint density at radius 2 is 2.00 bits per heavy atom. The number of hydrogen-bond donors (Lipinski definition) is 0. The molecule has 0 aliphatic rings. The minimum Gasteiger partial charge on any atom is -0.497 e.